The van der Waals surface area contributed by atoms with E-state index in [1.54, 1.807) is 0 Å². The minimum absolute atomic E-state index is 0.179. The van der Waals surface area contributed by atoms with Crippen LogP contribution in [-0.4, -0.2) is 73.4 Å². The second kappa shape index (κ2) is 7.71. The minimum Gasteiger partial charge on any atom is -0.465 e. The molecule has 5 nitrogen and oxygen atoms in total. The first kappa shape index (κ1) is 15.4. The fourth-order valence-electron chi connectivity index (χ4n) is 2.30. The molecule has 0 aliphatic carbocycles. The summed E-state index contributed by atoms with van der Waals surface area (Å²) >= 11 is 0. The van der Waals surface area contributed by atoms with Crippen molar-refractivity contribution in [3.05, 3.63) is 0 Å². The number of rotatable bonds is 7. The van der Waals surface area contributed by atoms with E-state index in [1.165, 1.54) is 0 Å². The van der Waals surface area contributed by atoms with Crippen molar-refractivity contribution in [2.75, 3.05) is 40.3 Å². The van der Waals surface area contributed by atoms with E-state index >= 15 is 0 Å². The highest BCUT2D eigenvalue weighted by Gasteiger charge is 2.32. The zero-order valence-corrected chi connectivity index (χ0v) is 11.8. The summed E-state index contributed by atoms with van der Waals surface area (Å²) in [5.74, 6) is -0.179. The van der Waals surface area contributed by atoms with E-state index < -0.39 is 0 Å². The highest BCUT2D eigenvalue weighted by Crippen LogP contribution is 2.18. The number of carbonyl (C=O) groups is 1. The molecule has 18 heavy (non-hydrogen) atoms. The second-order valence-corrected chi connectivity index (χ2v) is 5.31. The summed E-state index contributed by atoms with van der Waals surface area (Å²) in [7, 11) is 4.00. The summed E-state index contributed by atoms with van der Waals surface area (Å²) in [6.45, 7) is 4.29. The van der Waals surface area contributed by atoms with Crippen LogP contribution in [0.25, 0.3) is 0 Å². The van der Waals surface area contributed by atoms with E-state index in [9.17, 15) is 9.90 Å². The maximum Gasteiger partial charge on any atom is 0.320 e. The van der Waals surface area contributed by atoms with E-state index in [2.05, 4.69) is 11.8 Å². The largest absolute Gasteiger partial charge is 0.465 e. The summed E-state index contributed by atoms with van der Waals surface area (Å²) in [4.78, 5) is 15.8. The minimum atomic E-state index is -0.321. The van der Waals surface area contributed by atoms with Crippen molar-refractivity contribution in [2.45, 2.75) is 38.3 Å². The number of esters is 1. The Bertz CT molecular complexity index is 259. The van der Waals surface area contributed by atoms with Crippen molar-refractivity contribution < 1.29 is 14.6 Å². The number of likely N-dealkylation sites (tertiary alicyclic amines) is 1. The Morgan fingerprint density at radius 1 is 1.50 bits per heavy atom. The molecular weight excluding hydrogens is 232 g/mol. The molecule has 2 unspecified atom stereocenters. The SMILES string of the molecule is CCCCOC(=O)CN1CC(O)CC1CN(C)C. The Kier molecular flexibility index (Phi) is 6.60. The average Bonchev–Trinajstić information content (AvgIpc) is 2.58. The molecule has 0 amide bonds. The molecule has 106 valence electrons. The molecule has 0 bridgehead atoms. The van der Waals surface area contributed by atoms with Crippen molar-refractivity contribution in [1.82, 2.24) is 9.80 Å². The molecule has 0 aromatic heterocycles. The standard InChI is InChI=1S/C13H26N2O3/c1-4-5-6-18-13(17)10-15-9-12(16)7-11(15)8-14(2)3/h11-12,16H,4-10H2,1-3H3. The van der Waals surface area contributed by atoms with Gasteiger partial charge in [0.2, 0.25) is 0 Å². The predicted molar refractivity (Wildman–Crippen MR) is 70.4 cm³/mol. The van der Waals surface area contributed by atoms with Gasteiger partial charge in [0.1, 0.15) is 0 Å². The normalized spacial score (nSPS) is 24.7. The highest BCUT2D eigenvalue weighted by molar-refractivity contribution is 5.71. The molecular formula is C13H26N2O3. The van der Waals surface area contributed by atoms with Gasteiger partial charge < -0.3 is 14.7 Å². The van der Waals surface area contributed by atoms with Crippen molar-refractivity contribution >= 4 is 5.97 Å². The third-order valence-electron chi connectivity index (χ3n) is 3.17. The van der Waals surface area contributed by atoms with E-state index in [1.807, 2.05) is 19.0 Å². The van der Waals surface area contributed by atoms with Gasteiger partial charge in [-0.3, -0.25) is 9.69 Å². The van der Waals surface area contributed by atoms with Gasteiger partial charge in [0.05, 0.1) is 19.3 Å². The van der Waals surface area contributed by atoms with Crippen LogP contribution in [0.3, 0.4) is 0 Å². The lowest BCUT2D eigenvalue weighted by Crippen LogP contribution is -2.40. The van der Waals surface area contributed by atoms with Crippen LogP contribution in [0.15, 0.2) is 0 Å². The van der Waals surface area contributed by atoms with Crippen LogP contribution < -0.4 is 0 Å². The predicted octanol–water partition coefficient (Wildman–Crippen LogP) is 0.327. The number of aliphatic hydroxyl groups is 1. The fraction of sp³-hybridized carbons (Fsp3) is 0.923. The molecule has 0 aromatic rings. The molecule has 1 saturated heterocycles. The van der Waals surface area contributed by atoms with E-state index in [4.69, 9.17) is 4.74 Å². The first-order chi connectivity index (χ1) is 8.52. The van der Waals surface area contributed by atoms with Crippen LogP contribution in [-0.2, 0) is 9.53 Å². The van der Waals surface area contributed by atoms with E-state index in [-0.39, 0.29) is 18.1 Å². The van der Waals surface area contributed by atoms with E-state index in [0.717, 1.165) is 25.8 Å². The zero-order valence-electron chi connectivity index (χ0n) is 11.8. The maximum atomic E-state index is 11.7. The number of aliphatic hydroxyl groups excluding tert-OH is 1. The van der Waals surface area contributed by atoms with Crippen LogP contribution >= 0.6 is 0 Å². The molecule has 0 saturated carbocycles. The lowest BCUT2D eigenvalue weighted by Gasteiger charge is -2.25. The van der Waals surface area contributed by atoms with Crippen molar-refractivity contribution in [3.8, 4) is 0 Å². The van der Waals surface area contributed by atoms with Crippen LogP contribution in [0, 0.1) is 0 Å². The van der Waals surface area contributed by atoms with Gasteiger partial charge in [0, 0.05) is 19.1 Å². The van der Waals surface area contributed by atoms with Gasteiger partial charge in [-0.1, -0.05) is 13.3 Å². The van der Waals surface area contributed by atoms with Gasteiger partial charge in [-0.25, -0.2) is 0 Å². The van der Waals surface area contributed by atoms with Gasteiger partial charge >= 0.3 is 5.97 Å². The van der Waals surface area contributed by atoms with Gasteiger partial charge in [-0.05, 0) is 26.9 Å². The van der Waals surface area contributed by atoms with Crippen molar-refractivity contribution in [3.63, 3.8) is 0 Å². The molecule has 5 heteroatoms. The zero-order chi connectivity index (χ0) is 13.5. The maximum absolute atomic E-state index is 11.7. The lowest BCUT2D eigenvalue weighted by molar-refractivity contribution is -0.145. The third-order valence-corrected chi connectivity index (χ3v) is 3.17. The molecule has 1 N–H and O–H groups in total. The lowest BCUT2D eigenvalue weighted by atomic mass is 10.2. The first-order valence-corrected chi connectivity index (χ1v) is 6.75. The quantitative estimate of drug-likeness (QED) is 0.527. The van der Waals surface area contributed by atoms with Crippen LogP contribution in [0.2, 0.25) is 0 Å². The smallest absolute Gasteiger partial charge is 0.320 e. The monoisotopic (exact) mass is 258 g/mol. The van der Waals surface area contributed by atoms with Gasteiger partial charge in [0.25, 0.3) is 0 Å². The molecule has 1 rings (SSSR count). The van der Waals surface area contributed by atoms with Gasteiger partial charge in [-0.2, -0.15) is 0 Å². The summed E-state index contributed by atoms with van der Waals surface area (Å²) in [6, 6.07) is 0.244. The van der Waals surface area contributed by atoms with Crippen molar-refractivity contribution in [2.24, 2.45) is 0 Å². The Morgan fingerprint density at radius 3 is 2.83 bits per heavy atom. The Balaban J connectivity index is 2.36. The number of nitrogens with zero attached hydrogens (tertiary/aromatic N) is 2. The number of hydrogen-bond donors (Lipinski definition) is 1. The summed E-state index contributed by atoms with van der Waals surface area (Å²) in [5, 5.41) is 9.70. The topological polar surface area (TPSA) is 53.0 Å². The summed E-state index contributed by atoms with van der Waals surface area (Å²) in [5.41, 5.74) is 0. The Morgan fingerprint density at radius 2 is 2.22 bits per heavy atom. The fourth-order valence-corrected chi connectivity index (χ4v) is 2.30. The summed E-state index contributed by atoms with van der Waals surface area (Å²) in [6.07, 6.45) is 2.35. The average molecular weight is 258 g/mol. The Labute approximate surface area is 110 Å². The highest BCUT2D eigenvalue weighted by atomic mass is 16.5. The molecule has 1 aliphatic rings. The Hall–Kier alpha value is -0.650. The number of likely N-dealkylation sites (N-methyl/N-ethyl adjacent to an activating group) is 1. The van der Waals surface area contributed by atoms with Crippen LogP contribution in [0.5, 0.6) is 0 Å². The number of hydrogen-bond acceptors (Lipinski definition) is 5. The molecule has 1 heterocycles. The first-order valence-electron chi connectivity index (χ1n) is 6.75. The molecule has 2 atom stereocenters. The number of ether oxygens (including phenoxy) is 1. The number of unbranched alkanes of at least 4 members (excludes halogenated alkanes) is 1. The molecule has 0 spiro atoms. The number of β-amino-alcohol motifs (C(OH)–C–C–N with tert-alkyl or cyclic N) is 1. The molecule has 1 aliphatic heterocycles. The van der Waals surface area contributed by atoms with E-state index in [0.29, 0.717) is 19.7 Å². The second-order valence-electron chi connectivity index (χ2n) is 5.31. The third kappa shape index (κ3) is 5.33. The van der Waals surface area contributed by atoms with Gasteiger partial charge in [-0.15, -0.1) is 0 Å². The number of carbonyl (C=O) groups excluding carboxylic acids is 1. The van der Waals surface area contributed by atoms with Gasteiger partial charge in [0.15, 0.2) is 0 Å². The molecule has 1 fully saturated rings. The van der Waals surface area contributed by atoms with Crippen LogP contribution in [0.4, 0.5) is 0 Å². The molecule has 0 radical (unpaired) electrons. The summed E-state index contributed by atoms with van der Waals surface area (Å²) < 4.78 is 5.16. The van der Waals surface area contributed by atoms with Crippen LogP contribution in [0.1, 0.15) is 26.2 Å². The molecule has 0 aromatic carbocycles. The van der Waals surface area contributed by atoms with Crippen molar-refractivity contribution in [1.29, 1.82) is 0 Å².